The fourth-order valence-electron chi connectivity index (χ4n) is 3.42. The zero-order valence-electron chi connectivity index (χ0n) is 14.1. The summed E-state index contributed by atoms with van der Waals surface area (Å²) in [4.78, 5) is 23.7. The van der Waals surface area contributed by atoms with E-state index in [4.69, 9.17) is 4.74 Å². The van der Waals surface area contributed by atoms with Gasteiger partial charge in [-0.05, 0) is 62.9 Å². The van der Waals surface area contributed by atoms with Gasteiger partial charge in [-0.3, -0.25) is 10.1 Å². The molecule has 1 aromatic rings. The van der Waals surface area contributed by atoms with E-state index in [2.05, 4.69) is 22.9 Å². The first-order chi connectivity index (χ1) is 11.7. The fourth-order valence-corrected chi connectivity index (χ4v) is 3.42. The van der Waals surface area contributed by atoms with Crippen molar-refractivity contribution >= 4 is 23.4 Å². The summed E-state index contributed by atoms with van der Waals surface area (Å²) in [6.07, 6.45) is 3.68. The van der Waals surface area contributed by atoms with E-state index in [-0.39, 0.29) is 18.4 Å². The van der Waals surface area contributed by atoms with Crippen LogP contribution in [0.5, 0.6) is 0 Å². The van der Waals surface area contributed by atoms with Crippen molar-refractivity contribution in [3.63, 3.8) is 0 Å². The fraction of sp³-hybridized carbons (Fsp3) is 0.556. The molecule has 1 aliphatic carbocycles. The van der Waals surface area contributed by atoms with E-state index in [0.717, 1.165) is 55.7 Å². The van der Waals surface area contributed by atoms with Crippen molar-refractivity contribution in [2.75, 3.05) is 23.7 Å². The molecule has 130 valence electrons. The predicted octanol–water partition coefficient (Wildman–Crippen LogP) is 3.10. The lowest BCUT2D eigenvalue weighted by atomic mass is 9.81. The molecule has 24 heavy (non-hydrogen) atoms. The first-order valence-electron chi connectivity index (χ1n) is 8.74. The molecule has 0 unspecified atom stereocenters. The molecule has 3 N–H and O–H groups in total. The molecule has 0 atom stereocenters. The number of nitrogens with one attached hydrogen (secondary N) is 3. The molecule has 0 bridgehead atoms. The van der Waals surface area contributed by atoms with E-state index in [1.165, 1.54) is 0 Å². The van der Waals surface area contributed by atoms with Crippen LogP contribution in [0.3, 0.4) is 0 Å². The highest BCUT2D eigenvalue weighted by atomic mass is 16.5. The second kappa shape index (κ2) is 7.66. The molecule has 2 amide bonds. The molecule has 1 aromatic carbocycles. The van der Waals surface area contributed by atoms with Gasteiger partial charge in [-0.25, -0.2) is 4.79 Å². The second-order valence-electron chi connectivity index (χ2n) is 6.59. The molecule has 3 rings (SSSR count). The van der Waals surface area contributed by atoms with Crippen LogP contribution in [0.1, 0.15) is 38.2 Å². The van der Waals surface area contributed by atoms with E-state index in [1.807, 2.05) is 12.1 Å². The number of carbonyl (C=O) groups excluding carboxylic acids is 2. The van der Waals surface area contributed by atoms with Crippen molar-refractivity contribution in [1.29, 1.82) is 0 Å². The van der Waals surface area contributed by atoms with E-state index < -0.39 is 6.09 Å². The Morgan fingerprint density at radius 3 is 2.83 bits per heavy atom. The summed E-state index contributed by atoms with van der Waals surface area (Å²) in [5.74, 6) is 0.881. The number of carbonyl (C=O) groups is 2. The number of anilines is 2. The summed E-state index contributed by atoms with van der Waals surface area (Å²) in [6.45, 7) is 4.42. The Kier molecular flexibility index (Phi) is 5.35. The first-order valence-corrected chi connectivity index (χ1v) is 8.74. The molecule has 0 spiro atoms. The third-order valence-electron chi connectivity index (χ3n) is 4.87. The van der Waals surface area contributed by atoms with Gasteiger partial charge >= 0.3 is 6.09 Å². The average Bonchev–Trinajstić information content (AvgIpc) is 2.60. The van der Waals surface area contributed by atoms with Gasteiger partial charge in [-0.1, -0.05) is 6.92 Å². The lowest BCUT2D eigenvalue weighted by Crippen LogP contribution is -2.31. The van der Waals surface area contributed by atoms with E-state index in [0.29, 0.717) is 5.92 Å². The Morgan fingerprint density at radius 1 is 1.29 bits per heavy atom. The van der Waals surface area contributed by atoms with Crippen LogP contribution in [-0.4, -0.2) is 25.1 Å². The summed E-state index contributed by atoms with van der Waals surface area (Å²) < 4.78 is 4.96. The number of benzene rings is 1. The summed E-state index contributed by atoms with van der Waals surface area (Å²) in [6, 6.07) is 5.49. The van der Waals surface area contributed by atoms with Crippen molar-refractivity contribution in [3.05, 3.63) is 23.8 Å². The molecule has 1 fully saturated rings. The second-order valence-corrected chi connectivity index (χ2v) is 6.59. The summed E-state index contributed by atoms with van der Waals surface area (Å²) in [5.41, 5.74) is 2.38. The minimum absolute atomic E-state index is 0.0925. The highest BCUT2D eigenvalue weighted by molar-refractivity contribution is 5.94. The monoisotopic (exact) mass is 331 g/mol. The summed E-state index contributed by atoms with van der Waals surface area (Å²) in [5, 5.41) is 9.05. The maximum absolute atomic E-state index is 12.5. The van der Waals surface area contributed by atoms with Crippen molar-refractivity contribution in [2.24, 2.45) is 11.8 Å². The molecule has 1 saturated carbocycles. The number of fused-ring (bicyclic) bond motifs is 1. The van der Waals surface area contributed by atoms with Crippen LogP contribution in [0.2, 0.25) is 0 Å². The summed E-state index contributed by atoms with van der Waals surface area (Å²) >= 11 is 0. The SMILES string of the molecule is CCNCC1CCC(C(=O)Nc2ccc3c(c2)COC(=O)N3)CC1. The van der Waals surface area contributed by atoms with Gasteiger partial charge in [0.25, 0.3) is 0 Å². The van der Waals surface area contributed by atoms with Gasteiger partial charge < -0.3 is 15.4 Å². The molecular weight excluding hydrogens is 306 g/mol. The minimum Gasteiger partial charge on any atom is -0.444 e. The minimum atomic E-state index is -0.436. The van der Waals surface area contributed by atoms with Crippen LogP contribution < -0.4 is 16.0 Å². The van der Waals surface area contributed by atoms with Gasteiger partial charge in [0.2, 0.25) is 5.91 Å². The molecule has 1 aliphatic heterocycles. The molecule has 0 saturated heterocycles. The van der Waals surface area contributed by atoms with Crippen molar-refractivity contribution < 1.29 is 14.3 Å². The largest absolute Gasteiger partial charge is 0.444 e. The van der Waals surface area contributed by atoms with E-state index in [1.54, 1.807) is 6.07 Å². The molecule has 0 aromatic heterocycles. The first kappa shape index (κ1) is 16.8. The van der Waals surface area contributed by atoms with Gasteiger partial charge in [-0.2, -0.15) is 0 Å². The third-order valence-corrected chi connectivity index (χ3v) is 4.87. The standard InChI is InChI=1S/C18H25N3O3/c1-2-19-10-12-3-5-13(6-4-12)17(22)20-15-7-8-16-14(9-15)11-24-18(23)21-16/h7-9,12-13,19H,2-6,10-11H2,1H3,(H,20,22)(H,21,23). The number of hydrogen-bond acceptors (Lipinski definition) is 4. The van der Waals surface area contributed by atoms with Crippen LogP contribution in [-0.2, 0) is 16.1 Å². The normalized spacial score (nSPS) is 23.0. The number of cyclic esters (lactones) is 1. The van der Waals surface area contributed by atoms with Gasteiger partial charge in [0, 0.05) is 17.2 Å². The lowest BCUT2D eigenvalue weighted by molar-refractivity contribution is -0.121. The van der Waals surface area contributed by atoms with Gasteiger partial charge in [0.05, 0.1) is 5.69 Å². The maximum atomic E-state index is 12.5. The maximum Gasteiger partial charge on any atom is 0.411 e. The Bertz CT molecular complexity index is 610. The topological polar surface area (TPSA) is 79.5 Å². The van der Waals surface area contributed by atoms with Crippen molar-refractivity contribution in [2.45, 2.75) is 39.2 Å². The van der Waals surface area contributed by atoms with E-state index >= 15 is 0 Å². The molecule has 2 aliphatic rings. The molecule has 0 radical (unpaired) electrons. The summed E-state index contributed by atoms with van der Waals surface area (Å²) in [7, 11) is 0. The van der Waals surface area contributed by atoms with Gasteiger partial charge in [0.15, 0.2) is 0 Å². The highest BCUT2D eigenvalue weighted by Gasteiger charge is 2.26. The number of rotatable bonds is 5. The number of amides is 2. The van der Waals surface area contributed by atoms with Crippen LogP contribution in [0.15, 0.2) is 18.2 Å². The van der Waals surface area contributed by atoms with Crippen molar-refractivity contribution in [3.8, 4) is 0 Å². The van der Waals surface area contributed by atoms with Gasteiger partial charge in [-0.15, -0.1) is 0 Å². The Hall–Kier alpha value is -2.08. The Labute approximate surface area is 142 Å². The Balaban J connectivity index is 1.53. The lowest BCUT2D eigenvalue weighted by Gasteiger charge is -2.28. The van der Waals surface area contributed by atoms with Crippen LogP contribution >= 0.6 is 0 Å². The van der Waals surface area contributed by atoms with E-state index in [9.17, 15) is 9.59 Å². The smallest absolute Gasteiger partial charge is 0.411 e. The number of ether oxygens (including phenoxy) is 1. The van der Waals surface area contributed by atoms with Crippen LogP contribution in [0.25, 0.3) is 0 Å². The van der Waals surface area contributed by atoms with Crippen LogP contribution in [0.4, 0.5) is 16.2 Å². The quantitative estimate of drug-likeness (QED) is 0.774. The average molecular weight is 331 g/mol. The third kappa shape index (κ3) is 4.06. The number of hydrogen-bond donors (Lipinski definition) is 3. The van der Waals surface area contributed by atoms with Crippen molar-refractivity contribution in [1.82, 2.24) is 5.32 Å². The molecule has 6 heteroatoms. The van der Waals surface area contributed by atoms with Crippen LogP contribution in [0, 0.1) is 11.8 Å². The zero-order chi connectivity index (χ0) is 16.9. The van der Waals surface area contributed by atoms with Gasteiger partial charge in [0.1, 0.15) is 6.61 Å². The molecular formula is C18H25N3O3. The molecule has 6 nitrogen and oxygen atoms in total. The highest BCUT2D eigenvalue weighted by Crippen LogP contribution is 2.30. The predicted molar refractivity (Wildman–Crippen MR) is 92.9 cm³/mol. The Morgan fingerprint density at radius 2 is 2.08 bits per heavy atom. The zero-order valence-corrected chi connectivity index (χ0v) is 14.1. The molecule has 1 heterocycles.